The zero-order valence-corrected chi connectivity index (χ0v) is 5.79. The minimum Gasteiger partial charge on any atom is -0.479 e. The standard InChI is InChI=1S/C6H10O4/c1-9-6(5(7)8)2-3-10-4-6/h2-4H2,1H3,(H,7,8)/t6-/m0/s1. The predicted molar refractivity (Wildman–Crippen MR) is 32.8 cm³/mol. The normalized spacial score (nSPS) is 32.5. The third-order valence-corrected chi connectivity index (χ3v) is 1.77. The monoisotopic (exact) mass is 146 g/mol. The fraction of sp³-hybridized carbons (Fsp3) is 0.833. The van der Waals surface area contributed by atoms with Crippen molar-refractivity contribution >= 4 is 5.97 Å². The summed E-state index contributed by atoms with van der Waals surface area (Å²) >= 11 is 0. The minimum atomic E-state index is -1.07. The van der Waals surface area contributed by atoms with Crippen molar-refractivity contribution < 1.29 is 19.4 Å². The van der Waals surface area contributed by atoms with Gasteiger partial charge in [0.25, 0.3) is 0 Å². The van der Waals surface area contributed by atoms with Crippen molar-refractivity contribution in [2.75, 3.05) is 20.3 Å². The van der Waals surface area contributed by atoms with E-state index in [1.807, 2.05) is 0 Å². The first-order valence-electron chi connectivity index (χ1n) is 3.07. The van der Waals surface area contributed by atoms with Crippen LogP contribution in [0.3, 0.4) is 0 Å². The highest BCUT2D eigenvalue weighted by atomic mass is 16.6. The Balaban J connectivity index is 2.67. The van der Waals surface area contributed by atoms with Crippen LogP contribution < -0.4 is 0 Å². The SMILES string of the molecule is CO[C@@]1(C(=O)O)CCOC1. The van der Waals surface area contributed by atoms with E-state index >= 15 is 0 Å². The molecule has 58 valence electrons. The zero-order valence-electron chi connectivity index (χ0n) is 5.79. The van der Waals surface area contributed by atoms with Crippen molar-refractivity contribution in [3.05, 3.63) is 0 Å². The number of ether oxygens (including phenoxy) is 2. The summed E-state index contributed by atoms with van der Waals surface area (Å²) in [6, 6.07) is 0. The molecule has 4 nitrogen and oxygen atoms in total. The quantitative estimate of drug-likeness (QED) is 0.590. The van der Waals surface area contributed by atoms with Gasteiger partial charge >= 0.3 is 5.97 Å². The van der Waals surface area contributed by atoms with Crippen LogP contribution in [0.4, 0.5) is 0 Å². The molecule has 1 aliphatic rings. The summed E-state index contributed by atoms with van der Waals surface area (Å²) in [6.45, 7) is 0.638. The Morgan fingerprint density at radius 1 is 1.80 bits per heavy atom. The van der Waals surface area contributed by atoms with Crippen molar-refractivity contribution in [3.63, 3.8) is 0 Å². The lowest BCUT2D eigenvalue weighted by Crippen LogP contribution is -2.41. The van der Waals surface area contributed by atoms with Crippen molar-refractivity contribution in [1.29, 1.82) is 0 Å². The first-order chi connectivity index (χ1) is 4.71. The van der Waals surface area contributed by atoms with Crippen molar-refractivity contribution in [2.24, 2.45) is 0 Å². The minimum absolute atomic E-state index is 0.166. The molecule has 1 heterocycles. The molecular weight excluding hydrogens is 136 g/mol. The molecule has 0 bridgehead atoms. The number of carboxylic acids is 1. The number of aliphatic carboxylic acids is 1. The van der Waals surface area contributed by atoms with Crippen LogP contribution in [0, 0.1) is 0 Å². The molecular formula is C6H10O4. The fourth-order valence-corrected chi connectivity index (χ4v) is 0.963. The maximum Gasteiger partial charge on any atom is 0.338 e. The number of hydrogen-bond acceptors (Lipinski definition) is 3. The maximum atomic E-state index is 10.5. The van der Waals surface area contributed by atoms with Crippen LogP contribution >= 0.6 is 0 Å². The van der Waals surface area contributed by atoms with Gasteiger partial charge in [0, 0.05) is 13.5 Å². The van der Waals surface area contributed by atoms with Gasteiger partial charge in [-0.3, -0.25) is 0 Å². The number of methoxy groups -OCH3 is 1. The van der Waals surface area contributed by atoms with Gasteiger partial charge in [0.1, 0.15) is 0 Å². The van der Waals surface area contributed by atoms with E-state index in [1.54, 1.807) is 0 Å². The second-order valence-corrected chi connectivity index (χ2v) is 2.31. The average molecular weight is 146 g/mol. The molecule has 0 aromatic rings. The molecule has 1 fully saturated rings. The molecule has 0 unspecified atom stereocenters. The van der Waals surface area contributed by atoms with Crippen LogP contribution in [0.2, 0.25) is 0 Å². The van der Waals surface area contributed by atoms with Gasteiger partial charge in [-0.25, -0.2) is 4.79 Å². The third kappa shape index (κ3) is 0.998. The molecule has 0 spiro atoms. The van der Waals surface area contributed by atoms with E-state index in [9.17, 15) is 4.79 Å². The Bertz CT molecular complexity index is 137. The third-order valence-electron chi connectivity index (χ3n) is 1.77. The smallest absolute Gasteiger partial charge is 0.338 e. The van der Waals surface area contributed by atoms with Crippen molar-refractivity contribution in [2.45, 2.75) is 12.0 Å². The van der Waals surface area contributed by atoms with E-state index in [-0.39, 0.29) is 6.61 Å². The Morgan fingerprint density at radius 3 is 2.70 bits per heavy atom. The van der Waals surface area contributed by atoms with Gasteiger partial charge in [0.2, 0.25) is 0 Å². The summed E-state index contributed by atoms with van der Waals surface area (Å²) < 4.78 is 9.74. The summed E-state index contributed by atoms with van der Waals surface area (Å²) in [5.41, 5.74) is -1.07. The fourth-order valence-electron chi connectivity index (χ4n) is 0.963. The number of carboxylic acid groups (broad SMARTS) is 1. The van der Waals surface area contributed by atoms with Gasteiger partial charge in [0.15, 0.2) is 5.60 Å². The summed E-state index contributed by atoms with van der Waals surface area (Å²) in [6.07, 6.45) is 0.443. The largest absolute Gasteiger partial charge is 0.479 e. The molecule has 0 saturated carbocycles. The highest BCUT2D eigenvalue weighted by Crippen LogP contribution is 2.22. The molecule has 0 aliphatic carbocycles. The van der Waals surface area contributed by atoms with E-state index in [2.05, 4.69) is 0 Å². The van der Waals surface area contributed by atoms with Gasteiger partial charge in [-0.1, -0.05) is 0 Å². The summed E-state index contributed by atoms with van der Waals surface area (Å²) in [7, 11) is 1.39. The summed E-state index contributed by atoms with van der Waals surface area (Å²) in [4.78, 5) is 10.5. The molecule has 0 amide bonds. The van der Waals surface area contributed by atoms with Crippen LogP contribution in [0.25, 0.3) is 0 Å². The van der Waals surface area contributed by atoms with E-state index in [0.717, 1.165) is 0 Å². The Hall–Kier alpha value is -0.610. The molecule has 0 aromatic carbocycles. The Kier molecular flexibility index (Phi) is 1.92. The molecule has 1 atom stereocenters. The lowest BCUT2D eigenvalue weighted by Gasteiger charge is -2.19. The van der Waals surface area contributed by atoms with Crippen LogP contribution in [0.1, 0.15) is 6.42 Å². The highest BCUT2D eigenvalue weighted by Gasteiger charge is 2.42. The first-order valence-corrected chi connectivity index (χ1v) is 3.07. The van der Waals surface area contributed by atoms with E-state index < -0.39 is 11.6 Å². The highest BCUT2D eigenvalue weighted by molar-refractivity contribution is 5.78. The van der Waals surface area contributed by atoms with E-state index in [1.165, 1.54) is 7.11 Å². The molecule has 1 aliphatic heterocycles. The molecule has 0 aromatic heterocycles. The molecule has 10 heavy (non-hydrogen) atoms. The first kappa shape index (κ1) is 7.50. The molecule has 1 saturated heterocycles. The maximum absolute atomic E-state index is 10.5. The zero-order chi connectivity index (χ0) is 7.61. The van der Waals surface area contributed by atoms with Crippen LogP contribution in [0.5, 0.6) is 0 Å². The van der Waals surface area contributed by atoms with Crippen molar-refractivity contribution in [3.8, 4) is 0 Å². The topological polar surface area (TPSA) is 55.8 Å². The average Bonchev–Trinajstić information content (AvgIpc) is 2.35. The van der Waals surface area contributed by atoms with Gasteiger partial charge in [-0.05, 0) is 0 Å². The lowest BCUT2D eigenvalue weighted by atomic mass is 10.0. The van der Waals surface area contributed by atoms with Crippen LogP contribution in [0.15, 0.2) is 0 Å². The van der Waals surface area contributed by atoms with E-state index in [0.29, 0.717) is 13.0 Å². The summed E-state index contributed by atoms with van der Waals surface area (Å²) in [5, 5.41) is 8.66. The molecule has 0 radical (unpaired) electrons. The summed E-state index contributed by atoms with van der Waals surface area (Å²) in [5.74, 6) is -0.938. The van der Waals surface area contributed by atoms with Gasteiger partial charge < -0.3 is 14.6 Å². The molecule has 1 rings (SSSR count). The van der Waals surface area contributed by atoms with Crippen LogP contribution in [-0.4, -0.2) is 37.0 Å². The number of carbonyl (C=O) groups is 1. The second-order valence-electron chi connectivity index (χ2n) is 2.31. The second kappa shape index (κ2) is 2.56. The predicted octanol–water partition coefficient (Wildman–Crippen LogP) is -0.124. The molecule has 4 heteroatoms. The Labute approximate surface area is 58.7 Å². The lowest BCUT2D eigenvalue weighted by molar-refractivity contribution is -0.161. The van der Waals surface area contributed by atoms with Gasteiger partial charge in [-0.2, -0.15) is 0 Å². The Morgan fingerprint density at radius 2 is 2.50 bits per heavy atom. The molecule has 1 N–H and O–H groups in total. The van der Waals surface area contributed by atoms with Crippen LogP contribution in [-0.2, 0) is 14.3 Å². The van der Waals surface area contributed by atoms with Crippen molar-refractivity contribution in [1.82, 2.24) is 0 Å². The van der Waals surface area contributed by atoms with Gasteiger partial charge in [-0.15, -0.1) is 0 Å². The number of hydrogen-bond donors (Lipinski definition) is 1. The van der Waals surface area contributed by atoms with E-state index in [4.69, 9.17) is 14.6 Å². The number of rotatable bonds is 2. The van der Waals surface area contributed by atoms with Gasteiger partial charge in [0.05, 0.1) is 13.2 Å².